The maximum absolute atomic E-state index is 11.7. The average molecular weight is 272 g/mol. The van der Waals surface area contributed by atoms with Gasteiger partial charge in [-0.15, -0.1) is 0 Å². The van der Waals surface area contributed by atoms with Crippen LogP contribution in [-0.4, -0.2) is 44.0 Å². The third kappa shape index (κ3) is 7.38. The van der Waals surface area contributed by atoms with Crippen LogP contribution in [0.2, 0.25) is 0 Å². The van der Waals surface area contributed by atoms with Crippen molar-refractivity contribution in [3.05, 3.63) is 0 Å². The lowest BCUT2D eigenvalue weighted by molar-refractivity contribution is 0.0488. The molecule has 2 unspecified atom stereocenters. The monoisotopic (exact) mass is 272 g/mol. The van der Waals surface area contributed by atoms with Crippen molar-refractivity contribution in [2.45, 2.75) is 64.1 Å². The van der Waals surface area contributed by atoms with Crippen LogP contribution in [0.15, 0.2) is 0 Å². The SMILES string of the molecule is COCCNC1CCCC(NC(=O)OC(C)(C)C)C1. The van der Waals surface area contributed by atoms with E-state index in [1.165, 1.54) is 0 Å². The maximum atomic E-state index is 11.7. The number of carbonyl (C=O) groups is 1. The van der Waals surface area contributed by atoms with E-state index in [9.17, 15) is 4.79 Å². The maximum Gasteiger partial charge on any atom is 0.407 e. The molecule has 5 heteroatoms. The molecular formula is C14H28N2O3. The summed E-state index contributed by atoms with van der Waals surface area (Å²) in [5, 5.41) is 6.42. The molecule has 0 aromatic rings. The van der Waals surface area contributed by atoms with Crippen LogP contribution in [0.3, 0.4) is 0 Å². The standard InChI is InChI=1S/C14H28N2O3/c1-14(2,3)19-13(17)16-12-7-5-6-11(10-12)15-8-9-18-4/h11-12,15H,5-10H2,1-4H3,(H,16,17). The van der Waals surface area contributed by atoms with Crippen molar-refractivity contribution in [3.63, 3.8) is 0 Å². The zero-order valence-corrected chi connectivity index (χ0v) is 12.6. The highest BCUT2D eigenvalue weighted by Gasteiger charge is 2.25. The molecule has 5 nitrogen and oxygen atoms in total. The van der Waals surface area contributed by atoms with Crippen LogP contribution >= 0.6 is 0 Å². The number of hydrogen-bond donors (Lipinski definition) is 2. The Morgan fingerprint density at radius 1 is 1.26 bits per heavy atom. The first-order valence-corrected chi connectivity index (χ1v) is 7.12. The van der Waals surface area contributed by atoms with Crippen LogP contribution in [0.1, 0.15) is 46.5 Å². The van der Waals surface area contributed by atoms with Crippen LogP contribution in [0.25, 0.3) is 0 Å². The number of amides is 1. The summed E-state index contributed by atoms with van der Waals surface area (Å²) >= 11 is 0. The van der Waals surface area contributed by atoms with Gasteiger partial charge in [-0.2, -0.15) is 0 Å². The van der Waals surface area contributed by atoms with E-state index in [0.717, 1.165) is 38.8 Å². The van der Waals surface area contributed by atoms with Gasteiger partial charge in [-0.25, -0.2) is 4.79 Å². The van der Waals surface area contributed by atoms with Crippen LogP contribution in [0, 0.1) is 0 Å². The molecule has 112 valence electrons. The summed E-state index contributed by atoms with van der Waals surface area (Å²) in [5.74, 6) is 0. The third-order valence-electron chi connectivity index (χ3n) is 3.13. The number of ether oxygens (including phenoxy) is 2. The van der Waals surface area contributed by atoms with E-state index in [1.54, 1.807) is 7.11 Å². The van der Waals surface area contributed by atoms with Crippen molar-refractivity contribution < 1.29 is 14.3 Å². The van der Waals surface area contributed by atoms with Gasteiger partial charge in [0.2, 0.25) is 0 Å². The van der Waals surface area contributed by atoms with E-state index >= 15 is 0 Å². The molecule has 1 rings (SSSR count). The average Bonchev–Trinajstić information content (AvgIpc) is 2.27. The zero-order chi connectivity index (χ0) is 14.3. The Balaban J connectivity index is 2.28. The van der Waals surface area contributed by atoms with Crippen LogP contribution in [-0.2, 0) is 9.47 Å². The molecule has 0 radical (unpaired) electrons. The molecule has 1 fully saturated rings. The number of rotatable bonds is 5. The van der Waals surface area contributed by atoms with E-state index in [-0.39, 0.29) is 12.1 Å². The summed E-state index contributed by atoms with van der Waals surface area (Å²) in [6, 6.07) is 0.674. The number of nitrogens with one attached hydrogen (secondary N) is 2. The van der Waals surface area contributed by atoms with Gasteiger partial charge in [0, 0.05) is 25.7 Å². The highest BCUT2D eigenvalue weighted by Crippen LogP contribution is 2.19. The third-order valence-corrected chi connectivity index (χ3v) is 3.13. The minimum atomic E-state index is -0.436. The summed E-state index contributed by atoms with van der Waals surface area (Å²) in [7, 11) is 1.70. The molecule has 0 bridgehead atoms. The quantitative estimate of drug-likeness (QED) is 0.752. The second-order valence-corrected chi connectivity index (χ2v) is 6.15. The van der Waals surface area contributed by atoms with Gasteiger partial charge in [0.15, 0.2) is 0 Å². The molecule has 1 saturated carbocycles. The molecule has 1 amide bonds. The van der Waals surface area contributed by atoms with Crippen LogP contribution in [0.5, 0.6) is 0 Å². The van der Waals surface area contributed by atoms with E-state index in [2.05, 4.69) is 10.6 Å². The van der Waals surface area contributed by atoms with Gasteiger partial charge < -0.3 is 20.1 Å². The Morgan fingerprint density at radius 3 is 2.58 bits per heavy atom. The largest absolute Gasteiger partial charge is 0.444 e. The van der Waals surface area contributed by atoms with Crippen LogP contribution in [0.4, 0.5) is 4.79 Å². The molecule has 2 atom stereocenters. The Morgan fingerprint density at radius 2 is 1.95 bits per heavy atom. The van der Waals surface area contributed by atoms with Crippen molar-refractivity contribution in [2.75, 3.05) is 20.3 Å². The first-order chi connectivity index (χ1) is 8.90. The number of carbonyl (C=O) groups excluding carboxylic acids is 1. The summed E-state index contributed by atoms with van der Waals surface area (Å²) in [4.78, 5) is 11.7. The van der Waals surface area contributed by atoms with E-state index in [4.69, 9.17) is 9.47 Å². The fraction of sp³-hybridized carbons (Fsp3) is 0.929. The number of methoxy groups -OCH3 is 1. The summed E-state index contributed by atoms with van der Waals surface area (Å²) in [6.45, 7) is 7.22. The van der Waals surface area contributed by atoms with Crippen molar-refractivity contribution in [3.8, 4) is 0 Å². The van der Waals surface area contributed by atoms with Gasteiger partial charge in [-0.3, -0.25) is 0 Å². The molecule has 0 aliphatic heterocycles. The van der Waals surface area contributed by atoms with E-state index < -0.39 is 5.60 Å². The predicted octanol–water partition coefficient (Wildman–Crippen LogP) is 2.06. The molecule has 0 spiro atoms. The predicted molar refractivity (Wildman–Crippen MR) is 75.3 cm³/mol. The first kappa shape index (κ1) is 16.2. The molecule has 0 saturated heterocycles. The van der Waals surface area contributed by atoms with E-state index in [1.807, 2.05) is 20.8 Å². The normalized spacial score (nSPS) is 24.0. The van der Waals surface area contributed by atoms with Crippen molar-refractivity contribution >= 4 is 6.09 Å². The zero-order valence-electron chi connectivity index (χ0n) is 12.6. The molecule has 19 heavy (non-hydrogen) atoms. The second-order valence-electron chi connectivity index (χ2n) is 6.15. The van der Waals surface area contributed by atoms with Crippen molar-refractivity contribution in [2.24, 2.45) is 0 Å². The fourth-order valence-corrected chi connectivity index (χ4v) is 2.35. The Bertz CT molecular complexity index is 276. The lowest BCUT2D eigenvalue weighted by Crippen LogP contribution is -2.46. The molecule has 2 N–H and O–H groups in total. The van der Waals surface area contributed by atoms with Gasteiger partial charge in [0.05, 0.1) is 6.61 Å². The highest BCUT2D eigenvalue weighted by atomic mass is 16.6. The topological polar surface area (TPSA) is 59.6 Å². The van der Waals surface area contributed by atoms with Gasteiger partial charge in [0.1, 0.15) is 5.60 Å². The first-order valence-electron chi connectivity index (χ1n) is 7.12. The summed E-state index contributed by atoms with van der Waals surface area (Å²) < 4.78 is 10.3. The molecule has 0 aromatic carbocycles. The van der Waals surface area contributed by atoms with Crippen LogP contribution < -0.4 is 10.6 Å². The Hall–Kier alpha value is -0.810. The smallest absolute Gasteiger partial charge is 0.407 e. The van der Waals surface area contributed by atoms with E-state index in [0.29, 0.717) is 6.04 Å². The molecule has 0 aromatic heterocycles. The molecule has 1 aliphatic carbocycles. The Kier molecular flexibility index (Phi) is 6.58. The lowest BCUT2D eigenvalue weighted by Gasteiger charge is -2.31. The van der Waals surface area contributed by atoms with Gasteiger partial charge in [0.25, 0.3) is 0 Å². The second kappa shape index (κ2) is 7.70. The van der Waals surface area contributed by atoms with Crippen molar-refractivity contribution in [1.82, 2.24) is 10.6 Å². The Labute approximate surface area is 116 Å². The molecule has 0 heterocycles. The molecular weight excluding hydrogens is 244 g/mol. The number of alkyl carbamates (subject to hydrolysis) is 1. The number of hydrogen-bond acceptors (Lipinski definition) is 4. The van der Waals surface area contributed by atoms with Gasteiger partial charge in [-0.05, 0) is 46.5 Å². The molecule has 1 aliphatic rings. The van der Waals surface area contributed by atoms with Crippen molar-refractivity contribution in [1.29, 1.82) is 0 Å². The summed E-state index contributed by atoms with van der Waals surface area (Å²) in [5.41, 5.74) is -0.436. The van der Waals surface area contributed by atoms with Gasteiger partial charge in [-0.1, -0.05) is 0 Å². The summed E-state index contributed by atoms with van der Waals surface area (Å²) in [6.07, 6.45) is 3.97. The lowest BCUT2D eigenvalue weighted by atomic mass is 9.91. The minimum Gasteiger partial charge on any atom is -0.444 e. The highest BCUT2D eigenvalue weighted by molar-refractivity contribution is 5.68. The fourth-order valence-electron chi connectivity index (χ4n) is 2.35. The van der Waals surface area contributed by atoms with Gasteiger partial charge >= 0.3 is 6.09 Å². The minimum absolute atomic E-state index is 0.212.